The molecule has 0 radical (unpaired) electrons. The van der Waals surface area contributed by atoms with Crippen LogP contribution in [-0.2, 0) is 10.0 Å². The number of rotatable bonds is 11. The van der Waals surface area contributed by atoms with Gasteiger partial charge in [-0.3, -0.25) is 19.8 Å². The lowest BCUT2D eigenvalue weighted by Crippen LogP contribution is -2.54. The number of anilines is 2. The number of aromatic nitrogens is 2. The van der Waals surface area contributed by atoms with Gasteiger partial charge in [0.2, 0.25) is 0 Å². The van der Waals surface area contributed by atoms with Crippen LogP contribution in [0.3, 0.4) is 0 Å². The van der Waals surface area contributed by atoms with Crippen LogP contribution in [0.15, 0.2) is 78.0 Å². The normalized spacial score (nSPS) is 24.2. The molecule has 67 heavy (non-hydrogen) atoms. The van der Waals surface area contributed by atoms with Gasteiger partial charge in [-0.05, 0) is 124 Å². The van der Waals surface area contributed by atoms with E-state index in [0.717, 1.165) is 57.1 Å². The topological polar surface area (TPSA) is 192 Å². The molecule has 2 aromatic heterocycles. The maximum atomic E-state index is 14.7. The van der Waals surface area contributed by atoms with Crippen molar-refractivity contribution in [2.45, 2.75) is 120 Å². The van der Waals surface area contributed by atoms with E-state index in [1.165, 1.54) is 54.6 Å². The zero-order valence-electron chi connectivity index (χ0n) is 38.1. The van der Waals surface area contributed by atoms with Gasteiger partial charge in [-0.1, -0.05) is 38.1 Å². The third-order valence-corrected chi connectivity index (χ3v) is 16.7. The molecule has 0 bridgehead atoms. The summed E-state index contributed by atoms with van der Waals surface area (Å²) >= 11 is 0. The highest BCUT2D eigenvalue weighted by molar-refractivity contribution is 7.90. The zero-order valence-corrected chi connectivity index (χ0v) is 38.9. The standard InChI is InChI=1S/C50H58FN7O8S/c1-30(2)36-7-4-5-8-37(36)42-9-6-18-57(42)33-25-50(26-33)16-19-56(20-17-50)32-10-11-38(44(21-32)66-34-22-39-40(51)28-53-47(39)52-27-34)48(59)55-67(63,64)35-23-43(58(61)62)46-45(24-35)65-29-41(54-46)31-12-14-49(3,60)15-13-31/h4-5,7-8,10-11,21-24,27-28,30-31,33,41-42,54,60H,6,9,12-20,25-26,29H2,1-3H3,(H,52,53)(H,55,59)/t31?,41-,42-,49?/m1/s1. The molecule has 2 aliphatic carbocycles. The highest BCUT2D eigenvalue weighted by atomic mass is 32.2. The first kappa shape index (κ1) is 45.0. The summed E-state index contributed by atoms with van der Waals surface area (Å²) in [7, 11) is -4.71. The number of piperidine rings is 1. The number of H-pyrrole nitrogens is 1. The van der Waals surface area contributed by atoms with E-state index in [0.29, 0.717) is 49.3 Å². The van der Waals surface area contributed by atoms with Crippen LogP contribution < -0.4 is 24.4 Å². The molecule has 3 aromatic carbocycles. The Kier molecular flexibility index (Phi) is 11.7. The van der Waals surface area contributed by atoms with E-state index in [1.807, 2.05) is 0 Å². The largest absolute Gasteiger partial charge is 0.489 e. The van der Waals surface area contributed by atoms with E-state index < -0.39 is 42.9 Å². The maximum absolute atomic E-state index is 14.7. The predicted octanol–water partition coefficient (Wildman–Crippen LogP) is 9.34. The van der Waals surface area contributed by atoms with Crippen molar-refractivity contribution in [2.24, 2.45) is 11.3 Å². The Morgan fingerprint density at radius 3 is 2.55 bits per heavy atom. The number of sulfonamides is 1. The lowest BCUT2D eigenvalue weighted by Gasteiger charge is -2.56. The molecule has 4 N–H and O–H groups in total. The van der Waals surface area contributed by atoms with Gasteiger partial charge in [0.1, 0.15) is 29.6 Å². The van der Waals surface area contributed by atoms with E-state index in [9.17, 15) is 32.8 Å². The average molecular weight is 936 g/mol. The molecule has 10 rings (SSSR count). The van der Waals surface area contributed by atoms with Gasteiger partial charge in [-0.15, -0.1) is 0 Å². The smallest absolute Gasteiger partial charge is 0.297 e. The van der Waals surface area contributed by atoms with Crippen LogP contribution in [0.5, 0.6) is 17.2 Å². The first-order valence-electron chi connectivity index (χ1n) is 23.6. The first-order chi connectivity index (χ1) is 32.1. The highest BCUT2D eigenvalue weighted by Gasteiger charge is 2.50. The van der Waals surface area contributed by atoms with Gasteiger partial charge in [0, 0.05) is 55.3 Å². The van der Waals surface area contributed by atoms with E-state index in [-0.39, 0.29) is 57.9 Å². The van der Waals surface area contributed by atoms with Gasteiger partial charge >= 0.3 is 0 Å². The molecular formula is C50H58FN7O8S. The summed E-state index contributed by atoms with van der Waals surface area (Å²) in [6, 6.07) is 18.1. The van der Waals surface area contributed by atoms with Crippen molar-refractivity contribution < 1.29 is 37.1 Å². The van der Waals surface area contributed by atoms with Crippen molar-refractivity contribution in [3.05, 3.63) is 106 Å². The molecule has 4 fully saturated rings. The van der Waals surface area contributed by atoms with Crippen molar-refractivity contribution in [3.63, 3.8) is 0 Å². The fourth-order valence-electron chi connectivity index (χ4n) is 11.5. The minimum absolute atomic E-state index is 0.0206. The Morgan fingerprint density at radius 1 is 1.04 bits per heavy atom. The second-order valence-electron chi connectivity index (χ2n) is 20.1. The number of aromatic amines is 1. The van der Waals surface area contributed by atoms with Crippen LogP contribution >= 0.6 is 0 Å². The summed E-state index contributed by atoms with van der Waals surface area (Å²) in [6.45, 7) is 9.17. The number of amides is 1. The lowest BCUT2D eigenvalue weighted by atomic mass is 9.59. The number of hydrogen-bond acceptors (Lipinski definition) is 12. The van der Waals surface area contributed by atoms with Gasteiger partial charge in [-0.25, -0.2) is 22.5 Å². The van der Waals surface area contributed by atoms with E-state index in [4.69, 9.17) is 9.47 Å². The molecule has 15 nitrogen and oxygen atoms in total. The van der Waals surface area contributed by atoms with Crippen LogP contribution in [-0.4, -0.2) is 83.1 Å². The molecule has 5 heterocycles. The van der Waals surface area contributed by atoms with Crippen molar-refractivity contribution in [1.82, 2.24) is 19.6 Å². The number of nitro benzene ring substituents is 1. The third kappa shape index (κ3) is 8.81. The van der Waals surface area contributed by atoms with Crippen molar-refractivity contribution >= 4 is 44.0 Å². The number of carbonyl (C=O) groups is 1. The van der Waals surface area contributed by atoms with Gasteiger partial charge in [0.15, 0.2) is 11.4 Å². The van der Waals surface area contributed by atoms with Crippen molar-refractivity contribution in [3.8, 4) is 17.2 Å². The second-order valence-corrected chi connectivity index (χ2v) is 21.8. The summed E-state index contributed by atoms with van der Waals surface area (Å²) < 4.78 is 56.9. The number of benzene rings is 3. The molecular weight excluding hydrogens is 878 g/mol. The lowest BCUT2D eigenvalue weighted by molar-refractivity contribution is -0.384. The number of ether oxygens (including phenoxy) is 2. The number of halogens is 1. The highest BCUT2D eigenvalue weighted by Crippen LogP contribution is 2.54. The minimum atomic E-state index is -4.71. The Hall–Kier alpha value is -5.78. The quantitative estimate of drug-likeness (QED) is 0.0726. The Balaban J connectivity index is 0.863. The summed E-state index contributed by atoms with van der Waals surface area (Å²) in [6.07, 6.45) is 11.9. The van der Waals surface area contributed by atoms with Gasteiger partial charge in [0.05, 0.1) is 38.6 Å². The molecule has 1 spiro atoms. The Morgan fingerprint density at radius 2 is 1.81 bits per heavy atom. The summed E-state index contributed by atoms with van der Waals surface area (Å²) in [4.78, 5) is 37.3. The number of carbonyl (C=O) groups excluding carboxylic acids is 1. The van der Waals surface area contributed by atoms with Crippen LogP contribution in [0.1, 0.15) is 118 Å². The number of hydrogen-bond donors (Lipinski definition) is 4. The SMILES string of the molecule is CC(C)c1ccccc1[C@H]1CCCN1C1CC2(CCN(c3ccc(C(=O)NS(=O)(=O)c4cc5c(c([N+](=O)[O-])c4)N[C@@H](C4CCC(C)(O)CC4)CO5)c(Oc4cnc5[nH]cc(F)c5c4)c3)CC2)C1. The summed E-state index contributed by atoms with van der Waals surface area (Å²) in [5.74, 6) is -0.889. The van der Waals surface area contributed by atoms with Gasteiger partial charge in [-0.2, -0.15) is 0 Å². The number of nitrogens with one attached hydrogen (secondary N) is 3. The van der Waals surface area contributed by atoms with Gasteiger partial charge in [0.25, 0.3) is 21.6 Å². The van der Waals surface area contributed by atoms with Crippen molar-refractivity contribution in [1.29, 1.82) is 0 Å². The minimum Gasteiger partial charge on any atom is -0.489 e. The fraction of sp³-hybridized carbons (Fsp3) is 0.480. The Bertz CT molecular complexity index is 2830. The van der Waals surface area contributed by atoms with Crippen LogP contribution in [0.4, 0.5) is 21.5 Å². The number of pyridine rings is 1. The van der Waals surface area contributed by atoms with Gasteiger partial charge < -0.3 is 29.8 Å². The molecule has 1 amide bonds. The van der Waals surface area contributed by atoms with Crippen LogP contribution in [0, 0.1) is 27.3 Å². The molecule has 354 valence electrons. The number of nitro groups is 1. The number of nitrogens with zero attached hydrogens (tertiary/aromatic N) is 4. The fourth-order valence-corrected chi connectivity index (χ4v) is 12.5. The molecule has 2 saturated heterocycles. The Labute approximate surface area is 389 Å². The van der Waals surface area contributed by atoms with Crippen LogP contribution in [0.2, 0.25) is 0 Å². The van der Waals surface area contributed by atoms with E-state index >= 15 is 0 Å². The first-order valence-corrected chi connectivity index (χ1v) is 25.1. The van der Waals surface area contributed by atoms with Crippen LogP contribution in [0.25, 0.3) is 11.0 Å². The monoisotopic (exact) mass is 935 g/mol. The predicted molar refractivity (Wildman–Crippen MR) is 252 cm³/mol. The summed E-state index contributed by atoms with van der Waals surface area (Å²) in [5.41, 5.74) is 2.91. The molecule has 17 heteroatoms. The number of aliphatic hydroxyl groups is 1. The third-order valence-electron chi connectivity index (χ3n) is 15.4. The second kappa shape index (κ2) is 17.4. The summed E-state index contributed by atoms with van der Waals surface area (Å²) in [5, 5.41) is 26.2. The zero-order chi connectivity index (χ0) is 46.8. The molecule has 0 unspecified atom stereocenters. The molecule has 3 aliphatic heterocycles. The number of fused-ring (bicyclic) bond motifs is 2. The van der Waals surface area contributed by atoms with Crippen molar-refractivity contribution in [2.75, 3.05) is 36.5 Å². The van der Waals surface area contributed by atoms with E-state index in [2.05, 4.69) is 67.9 Å². The molecule has 2 saturated carbocycles. The molecule has 5 aromatic rings. The van der Waals surface area contributed by atoms with E-state index in [1.54, 1.807) is 19.1 Å². The number of likely N-dealkylation sites (tertiary alicyclic amines) is 1. The molecule has 5 aliphatic rings. The molecule has 2 atom stereocenters. The average Bonchev–Trinajstić information content (AvgIpc) is 3.94. The maximum Gasteiger partial charge on any atom is 0.297 e.